The lowest BCUT2D eigenvalue weighted by atomic mass is 9.97. The minimum absolute atomic E-state index is 0.00908. The Morgan fingerprint density at radius 2 is 2.17 bits per heavy atom. The van der Waals surface area contributed by atoms with Crippen molar-refractivity contribution in [1.29, 1.82) is 0 Å². The molecule has 1 aliphatic rings. The second-order valence-corrected chi connectivity index (χ2v) is 5.62. The Kier molecular flexibility index (Phi) is 6.26. The van der Waals surface area contributed by atoms with Crippen LogP contribution in [0.3, 0.4) is 0 Å². The zero-order valence-corrected chi connectivity index (χ0v) is 13.8. The first kappa shape index (κ1) is 17.1. The van der Waals surface area contributed by atoms with Gasteiger partial charge in [-0.15, -0.1) is 0 Å². The number of carbonyl (C=O) groups excluding carboxylic acids is 1. The highest BCUT2D eigenvalue weighted by Crippen LogP contribution is 2.19. The van der Waals surface area contributed by atoms with Crippen molar-refractivity contribution in [2.24, 2.45) is 10.9 Å². The van der Waals surface area contributed by atoms with Crippen LogP contribution in [0.4, 0.5) is 0 Å². The molecule has 0 aliphatic carbocycles. The molecule has 1 saturated heterocycles. The first-order chi connectivity index (χ1) is 11.1. The first-order valence-electron chi connectivity index (χ1n) is 8.03. The number of hydrogen-bond acceptors (Lipinski definition) is 4. The maximum Gasteiger partial charge on any atom is 0.308 e. The maximum atomic E-state index is 11.6. The van der Waals surface area contributed by atoms with Crippen LogP contribution in [0.5, 0.6) is 5.75 Å². The standard InChI is InChI=1S/C17H25N3O3/c1-3-18-17(19-12-13-5-4-6-15(21)11-13)20-9-7-14(8-10-20)16(22)23-2/h4-6,11,14,21H,3,7-10,12H2,1-2H3,(H,18,19). The third-order valence-electron chi connectivity index (χ3n) is 3.99. The van der Waals surface area contributed by atoms with Crippen molar-refractivity contribution in [2.75, 3.05) is 26.7 Å². The van der Waals surface area contributed by atoms with E-state index in [4.69, 9.17) is 4.74 Å². The molecule has 1 aromatic rings. The van der Waals surface area contributed by atoms with Crippen LogP contribution >= 0.6 is 0 Å². The number of esters is 1. The number of benzene rings is 1. The maximum absolute atomic E-state index is 11.6. The third kappa shape index (κ3) is 4.87. The Morgan fingerprint density at radius 1 is 1.43 bits per heavy atom. The molecule has 23 heavy (non-hydrogen) atoms. The van der Waals surface area contributed by atoms with E-state index in [1.54, 1.807) is 12.1 Å². The van der Waals surface area contributed by atoms with Crippen LogP contribution in [0, 0.1) is 5.92 Å². The van der Waals surface area contributed by atoms with E-state index in [0.29, 0.717) is 6.54 Å². The Morgan fingerprint density at radius 3 is 2.78 bits per heavy atom. The summed E-state index contributed by atoms with van der Waals surface area (Å²) >= 11 is 0. The van der Waals surface area contributed by atoms with Gasteiger partial charge < -0.3 is 20.1 Å². The number of guanidine groups is 1. The summed E-state index contributed by atoms with van der Waals surface area (Å²) in [5.41, 5.74) is 0.963. The predicted octanol–water partition coefficient (Wildman–Crippen LogP) is 1.74. The molecule has 6 nitrogen and oxygen atoms in total. The number of piperidine rings is 1. The summed E-state index contributed by atoms with van der Waals surface area (Å²) in [4.78, 5) is 18.4. The fourth-order valence-electron chi connectivity index (χ4n) is 2.74. The largest absolute Gasteiger partial charge is 0.508 e. The van der Waals surface area contributed by atoms with E-state index in [1.165, 1.54) is 7.11 Å². The molecule has 6 heteroatoms. The number of nitrogens with one attached hydrogen (secondary N) is 1. The number of methoxy groups -OCH3 is 1. The lowest BCUT2D eigenvalue weighted by Crippen LogP contribution is -2.46. The zero-order chi connectivity index (χ0) is 16.7. The number of carbonyl (C=O) groups is 1. The van der Waals surface area contributed by atoms with Gasteiger partial charge in [-0.1, -0.05) is 12.1 Å². The monoisotopic (exact) mass is 319 g/mol. The van der Waals surface area contributed by atoms with E-state index in [2.05, 4.69) is 15.2 Å². The van der Waals surface area contributed by atoms with Gasteiger partial charge in [0.1, 0.15) is 5.75 Å². The highest BCUT2D eigenvalue weighted by atomic mass is 16.5. The van der Waals surface area contributed by atoms with Crippen LogP contribution in [0.2, 0.25) is 0 Å². The number of phenols is 1. The van der Waals surface area contributed by atoms with Gasteiger partial charge in [0, 0.05) is 19.6 Å². The van der Waals surface area contributed by atoms with Crippen LogP contribution in [0.1, 0.15) is 25.3 Å². The Balaban J connectivity index is 1.98. The average molecular weight is 319 g/mol. The molecule has 0 amide bonds. The second kappa shape index (κ2) is 8.41. The van der Waals surface area contributed by atoms with Gasteiger partial charge >= 0.3 is 5.97 Å². The van der Waals surface area contributed by atoms with Gasteiger partial charge in [0.15, 0.2) is 5.96 Å². The molecule has 0 saturated carbocycles. The molecular formula is C17H25N3O3. The summed E-state index contributed by atoms with van der Waals surface area (Å²) in [6.45, 7) is 4.89. The van der Waals surface area contributed by atoms with Crippen molar-refractivity contribution in [3.8, 4) is 5.75 Å². The fourth-order valence-corrected chi connectivity index (χ4v) is 2.74. The van der Waals surface area contributed by atoms with Gasteiger partial charge in [0.05, 0.1) is 19.6 Å². The molecule has 1 aromatic carbocycles. The first-order valence-corrected chi connectivity index (χ1v) is 8.03. The molecule has 1 heterocycles. The summed E-state index contributed by atoms with van der Waals surface area (Å²) in [6.07, 6.45) is 1.56. The molecule has 126 valence electrons. The lowest BCUT2D eigenvalue weighted by Gasteiger charge is -2.33. The van der Waals surface area contributed by atoms with Crippen LogP contribution in [0.15, 0.2) is 29.3 Å². The smallest absolute Gasteiger partial charge is 0.308 e. The minimum Gasteiger partial charge on any atom is -0.508 e. The number of ether oxygens (including phenoxy) is 1. The molecule has 0 aromatic heterocycles. The summed E-state index contributed by atoms with van der Waals surface area (Å²) in [7, 11) is 1.44. The summed E-state index contributed by atoms with van der Waals surface area (Å²) in [5.74, 6) is 0.970. The van der Waals surface area contributed by atoms with E-state index >= 15 is 0 Å². The number of aliphatic imine (C=N–C) groups is 1. The van der Waals surface area contributed by atoms with Gasteiger partial charge in [-0.05, 0) is 37.5 Å². The SMILES string of the molecule is CCNC(=NCc1cccc(O)c1)N1CCC(C(=O)OC)CC1. The van der Waals surface area contributed by atoms with Crippen molar-refractivity contribution in [3.05, 3.63) is 29.8 Å². The Bertz CT molecular complexity index is 552. The normalized spacial score (nSPS) is 16.3. The van der Waals surface area contributed by atoms with E-state index in [9.17, 15) is 9.90 Å². The minimum atomic E-state index is -0.119. The van der Waals surface area contributed by atoms with Crippen LogP contribution in [0.25, 0.3) is 0 Å². The number of rotatable bonds is 4. The van der Waals surface area contributed by atoms with E-state index in [0.717, 1.165) is 44.0 Å². The van der Waals surface area contributed by atoms with E-state index < -0.39 is 0 Å². The summed E-state index contributed by atoms with van der Waals surface area (Å²) < 4.78 is 4.82. The molecule has 1 fully saturated rings. The Hall–Kier alpha value is -2.24. The van der Waals surface area contributed by atoms with Crippen LogP contribution < -0.4 is 5.32 Å². The average Bonchev–Trinajstić information content (AvgIpc) is 2.58. The van der Waals surface area contributed by atoms with Gasteiger partial charge in [0.25, 0.3) is 0 Å². The number of nitrogens with zero attached hydrogens (tertiary/aromatic N) is 2. The van der Waals surface area contributed by atoms with E-state index in [1.807, 2.05) is 19.1 Å². The molecular weight excluding hydrogens is 294 g/mol. The predicted molar refractivity (Wildman–Crippen MR) is 89.2 cm³/mol. The molecule has 2 rings (SSSR count). The molecule has 0 spiro atoms. The number of hydrogen-bond donors (Lipinski definition) is 2. The van der Waals surface area contributed by atoms with Gasteiger partial charge in [-0.25, -0.2) is 4.99 Å². The highest BCUT2D eigenvalue weighted by molar-refractivity contribution is 5.80. The molecule has 0 bridgehead atoms. The fraction of sp³-hybridized carbons (Fsp3) is 0.529. The van der Waals surface area contributed by atoms with Crippen molar-refractivity contribution in [3.63, 3.8) is 0 Å². The van der Waals surface area contributed by atoms with Gasteiger partial charge in [0.2, 0.25) is 0 Å². The molecule has 0 atom stereocenters. The summed E-state index contributed by atoms with van der Waals surface area (Å²) in [5, 5.41) is 12.8. The Labute approximate surface area is 137 Å². The van der Waals surface area contributed by atoms with Crippen molar-refractivity contribution in [2.45, 2.75) is 26.3 Å². The van der Waals surface area contributed by atoms with Crippen molar-refractivity contribution in [1.82, 2.24) is 10.2 Å². The van der Waals surface area contributed by atoms with Gasteiger partial charge in [-0.2, -0.15) is 0 Å². The summed E-state index contributed by atoms with van der Waals surface area (Å²) in [6, 6.07) is 7.12. The van der Waals surface area contributed by atoms with Crippen molar-refractivity contribution >= 4 is 11.9 Å². The van der Waals surface area contributed by atoms with Crippen LogP contribution in [-0.4, -0.2) is 48.7 Å². The van der Waals surface area contributed by atoms with E-state index in [-0.39, 0.29) is 17.6 Å². The molecule has 1 aliphatic heterocycles. The van der Waals surface area contributed by atoms with Gasteiger partial charge in [-0.3, -0.25) is 4.79 Å². The number of aromatic hydroxyl groups is 1. The van der Waals surface area contributed by atoms with Crippen molar-refractivity contribution < 1.29 is 14.6 Å². The quantitative estimate of drug-likeness (QED) is 0.502. The number of likely N-dealkylation sites (tertiary alicyclic amines) is 1. The van der Waals surface area contributed by atoms with Crippen LogP contribution in [-0.2, 0) is 16.1 Å². The third-order valence-corrected chi connectivity index (χ3v) is 3.99. The second-order valence-electron chi connectivity index (χ2n) is 5.62. The number of phenolic OH excluding ortho intramolecular Hbond substituents is 1. The topological polar surface area (TPSA) is 74.2 Å². The lowest BCUT2D eigenvalue weighted by molar-refractivity contribution is -0.146. The molecule has 0 unspecified atom stereocenters. The molecule has 2 N–H and O–H groups in total. The molecule has 0 radical (unpaired) electrons. The zero-order valence-electron chi connectivity index (χ0n) is 13.8. The highest BCUT2D eigenvalue weighted by Gasteiger charge is 2.26.